The highest BCUT2D eigenvalue weighted by atomic mass is 79.9. The molecule has 4 rings (SSSR count). The van der Waals surface area contributed by atoms with Crippen LogP contribution >= 0.6 is 27.7 Å². The fourth-order valence-electron chi connectivity index (χ4n) is 2.82. The number of aromatic nitrogens is 3. The van der Waals surface area contributed by atoms with Gasteiger partial charge in [0.1, 0.15) is 16.6 Å². The largest absolute Gasteiger partial charge is 0.497 e. The molecule has 1 amide bonds. The van der Waals surface area contributed by atoms with Gasteiger partial charge in [-0.05, 0) is 48.5 Å². The minimum Gasteiger partial charge on any atom is -0.497 e. The molecule has 0 aliphatic heterocycles. The first kappa shape index (κ1) is 20.4. The molecule has 152 valence electrons. The Kier molecular flexibility index (Phi) is 6.01. The maximum absolute atomic E-state index is 13.9. The smallest absolute Gasteiger partial charge is 0.234 e. The van der Waals surface area contributed by atoms with Crippen molar-refractivity contribution in [3.63, 3.8) is 0 Å². The van der Waals surface area contributed by atoms with Crippen molar-refractivity contribution in [2.75, 3.05) is 18.2 Å². The zero-order valence-corrected chi connectivity index (χ0v) is 18.2. The Balaban J connectivity index is 1.50. The molecule has 0 aliphatic carbocycles. The third-order valence-corrected chi connectivity index (χ3v) is 5.77. The Morgan fingerprint density at radius 3 is 2.77 bits per heavy atom. The SMILES string of the molecule is COc1ccc(-c2cc3c(SCC(=O)Nc4ccc(Br)cc4F)nccn3n2)cc1. The van der Waals surface area contributed by atoms with Gasteiger partial charge in [0, 0.05) is 22.4 Å². The van der Waals surface area contributed by atoms with E-state index in [1.807, 2.05) is 30.3 Å². The van der Waals surface area contributed by atoms with Gasteiger partial charge in [-0.1, -0.05) is 27.7 Å². The fourth-order valence-corrected chi connectivity index (χ4v) is 3.93. The molecular weight excluding hydrogens is 471 g/mol. The molecule has 6 nitrogen and oxygen atoms in total. The van der Waals surface area contributed by atoms with Crippen LogP contribution in [0.15, 0.2) is 70.4 Å². The summed E-state index contributed by atoms with van der Waals surface area (Å²) in [4.78, 5) is 16.6. The first-order chi connectivity index (χ1) is 14.5. The number of methoxy groups -OCH3 is 1. The Bertz CT molecular complexity index is 1210. The van der Waals surface area contributed by atoms with E-state index < -0.39 is 5.82 Å². The molecule has 2 aromatic heterocycles. The van der Waals surface area contributed by atoms with E-state index >= 15 is 0 Å². The Hall–Kier alpha value is -2.91. The maximum atomic E-state index is 13.9. The molecule has 9 heteroatoms. The summed E-state index contributed by atoms with van der Waals surface area (Å²) in [5, 5.41) is 7.82. The second kappa shape index (κ2) is 8.85. The summed E-state index contributed by atoms with van der Waals surface area (Å²) in [6, 6.07) is 14.0. The maximum Gasteiger partial charge on any atom is 0.234 e. The lowest BCUT2D eigenvalue weighted by Crippen LogP contribution is -2.15. The highest BCUT2D eigenvalue weighted by Gasteiger charge is 2.13. The van der Waals surface area contributed by atoms with Crippen molar-refractivity contribution in [1.82, 2.24) is 14.6 Å². The van der Waals surface area contributed by atoms with Crippen molar-refractivity contribution in [3.8, 4) is 17.0 Å². The van der Waals surface area contributed by atoms with E-state index in [2.05, 4.69) is 31.3 Å². The first-order valence-corrected chi connectivity index (χ1v) is 10.7. The predicted molar refractivity (Wildman–Crippen MR) is 118 cm³/mol. The Labute approximate surface area is 184 Å². The van der Waals surface area contributed by atoms with Gasteiger partial charge in [0.2, 0.25) is 5.91 Å². The Morgan fingerprint density at radius 2 is 2.03 bits per heavy atom. The van der Waals surface area contributed by atoms with E-state index in [0.29, 0.717) is 9.50 Å². The molecule has 0 saturated carbocycles. The normalized spacial score (nSPS) is 10.9. The number of carbonyl (C=O) groups excluding carboxylic acids is 1. The topological polar surface area (TPSA) is 68.5 Å². The molecule has 0 unspecified atom stereocenters. The number of thioether (sulfide) groups is 1. The summed E-state index contributed by atoms with van der Waals surface area (Å²) in [7, 11) is 1.62. The summed E-state index contributed by atoms with van der Waals surface area (Å²) in [6.45, 7) is 0. The van der Waals surface area contributed by atoms with Crippen molar-refractivity contribution < 1.29 is 13.9 Å². The predicted octanol–water partition coefficient (Wildman–Crippen LogP) is 5.04. The molecule has 0 atom stereocenters. The van der Waals surface area contributed by atoms with Crippen molar-refractivity contribution >= 4 is 44.8 Å². The van der Waals surface area contributed by atoms with Crippen molar-refractivity contribution in [1.29, 1.82) is 0 Å². The second-order valence-electron chi connectivity index (χ2n) is 6.28. The molecule has 2 aromatic carbocycles. The quantitative estimate of drug-likeness (QED) is 0.386. The van der Waals surface area contributed by atoms with Crippen LogP contribution in [-0.2, 0) is 4.79 Å². The van der Waals surface area contributed by atoms with E-state index in [4.69, 9.17) is 4.74 Å². The number of nitrogens with one attached hydrogen (secondary N) is 1. The molecule has 0 bridgehead atoms. The number of rotatable bonds is 6. The van der Waals surface area contributed by atoms with Crippen LogP contribution in [-0.4, -0.2) is 33.4 Å². The van der Waals surface area contributed by atoms with Crippen LogP contribution in [0.2, 0.25) is 0 Å². The molecule has 2 heterocycles. The van der Waals surface area contributed by atoms with E-state index in [0.717, 1.165) is 22.5 Å². The minimum absolute atomic E-state index is 0.0885. The van der Waals surface area contributed by atoms with Gasteiger partial charge in [-0.15, -0.1) is 0 Å². The highest BCUT2D eigenvalue weighted by Crippen LogP contribution is 2.27. The zero-order valence-electron chi connectivity index (χ0n) is 15.8. The lowest BCUT2D eigenvalue weighted by molar-refractivity contribution is -0.113. The summed E-state index contributed by atoms with van der Waals surface area (Å²) < 4.78 is 21.4. The van der Waals surface area contributed by atoms with Gasteiger partial charge >= 0.3 is 0 Å². The second-order valence-corrected chi connectivity index (χ2v) is 8.16. The summed E-state index contributed by atoms with van der Waals surface area (Å²) in [6.07, 6.45) is 3.39. The van der Waals surface area contributed by atoms with Crippen LogP contribution in [0.4, 0.5) is 10.1 Å². The van der Waals surface area contributed by atoms with Gasteiger partial charge in [0.25, 0.3) is 0 Å². The van der Waals surface area contributed by atoms with Gasteiger partial charge in [-0.2, -0.15) is 5.10 Å². The lowest BCUT2D eigenvalue weighted by Gasteiger charge is -2.07. The van der Waals surface area contributed by atoms with Crippen LogP contribution in [0.3, 0.4) is 0 Å². The van der Waals surface area contributed by atoms with Gasteiger partial charge < -0.3 is 10.1 Å². The number of halogens is 2. The standard InChI is InChI=1S/C21H16BrFN4O2S/c1-29-15-5-2-13(3-6-15)18-11-19-21(24-8-9-27(19)26-18)30-12-20(28)25-17-7-4-14(22)10-16(17)23/h2-11H,12H2,1H3,(H,25,28). The van der Waals surface area contributed by atoms with Crippen LogP contribution in [0, 0.1) is 5.82 Å². The molecule has 0 saturated heterocycles. The van der Waals surface area contributed by atoms with Crippen LogP contribution < -0.4 is 10.1 Å². The average molecular weight is 487 g/mol. The minimum atomic E-state index is -0.497. The number of benzene rings is 2. The third-order valence-electron chi connectivity index (χ3n) is 4.29. The summed E-state index contributed by atoms with van der Waals surface area (Å²) in [5.41, 5.74) is 2.66. The molecule has 30 heavy (non-hydrogen) atoms. The van der Waals surface area contributed by atoms with E-state index in [-0.39, 0.29) is 17.3 Å². The molecule has 0 aliphatic rings. The van der Waals surface area contributed by atoms with Crippen molar-refractivity contribution in [2.45, 2.75) is 5.03 Å². The fraction of sp³-hybridized carbons (Fsp3) is 0.0952. The van der Waals surface area contributed by atoms with Gasteiger partial charge in [-0.25, -0.2) is 13.9 Å². The molecule has 4 aromatic rings. The Morgan fingerprint density at radius 1 is 1.23 bits per heavy atom. The van der Waals surface area contributed by atoms with Gasteiger partial charge in [-0.3, -0.25) is 4.79 Å². The summed E-state index contributed by atoms with van der Waals surface area (Å²) in [5.74, 6) is 0.0436. The molecule has 1 N–H and O–H groups in total. The third kappa shape index (κ3) is 4.47. The van der Waals surface area contributed by atoms with Gasteiger partial charge in [0.15, 0.2) is 0 Å². The van der Waals surface area contributed by atoms with Crippen LogP contribution in [0.5, 0.6) is 5.75 Å². The molecule has 0 fully saturated rings. The van der Waals surface area contributed by atoms with Crippen LogP contribution in [0.1, 0.15) is 0 Å². The molecule has 0 spiro atoms. The highest BCUT2D eigenvalue weighted by molar-refractivity contribution is 9.10. The summed E-state index contributed by atoms with van der Waals surface area (Å²) >= 11 is 4.46. The van der Waals surface area contributed by atoms with E-state index in [9.17, 15) is 9.18 Å². The molecular formula is C21H16BrFN4O2S. The van der Waals surface area contributed by atoms with Crippen molar-refractivity contribution in [2.24, 2.45) is 0 Å². The number of fused-ring (bicyclic) bond motifs is 1. The molecule has 0 radical (unpaired) electrons. The van der Waals surface area contributed by atoms with Crippen molar-refractivity contribution in [3.05, 3.63) is 71.2 Å². The van der Waals surface area contributed by atoms with Crippen LogP contribution in [0.25, 0.3) is 16.8 Å². The number of carbonyl (C=O) groups is 1. The number of nitrogens with zero attached hydrogens (tertiary/aromatic N) is 3. The van der Waals surface area contributed by atoms with Gasteiger partial charge in [0.05, 0.1) is 29.8 Å². The average Bonchev–Trinajstić information content (AvgIpc) is 3.19. The number of hydrogen-bond donors (Lipinski definition) is 1. The first-order valence-electron chi connectivity index (χ1n) is 8.90. The zero-order chi connectivity index (χ0) is 21.1. The monoisotopic (exact) mass is 486 g/mol. The lowest BCUT2D eigenvalue weighted by atomic mass is 10.1. The van der Waals surface area contributed by atoms with E-state index in [1.165, 1.54) is 23.9 Å². The number of hydrogen-bond acceptors (Lipinski definition) is 5. The number of ether oxygens (including phenoxy) is 1. The number of amides is 1. The number of anilines is 1. The van der Waals surface area contributed by atoms with E-state index in [1.54, 1.807) is 30.1 Å².